The average Bonchev–Trinajstić information content (AvgIpc) is 2.77. The summed E-state index contributed by atoms with van der Waals surface area (Å²) in [5.74, 6) is 0.977. The van der Waals surface area contributed by atoms with Gasteiger partial charge in [0.1, 0.15) is 6.61 Å². The standard InChI is InChI=1S/C25H32N2O4/c1-18(2)26-25(29)20-11-8-12-21(15-20)27-24(28)17-31-23-14-7-6-13-22(23)30-16-19-9-4-3-5-10-19/h3-7,9-10,13-14,18,20-21H,8,11-12,15-17H2,1-2H3,(H,26,29)(H,27,28). The Morgan fingerprint density at radius 1 is 0.968 bits per heavy atom. The van der Waals surface area contributed by atoms with Crippen molar-refractivity contribution in [3.05, 3.63) is 60.2 Å². The topological polar surface area (TPSA) is 76.7 Å². The maximum absolute atomic E-state index is 12.5. The van der Waals surface area contributed by atoms with Crippen molar-refractivity contribution in [1.82, 2.24) is 10.6 Å². The molecule has 166 valence electrons. The molecule has 2 aromatic rings. The minimum Gasteiger partial charge on any atom is -0.485 e. The first-order chi connectivity index (χ1) is 15.0. The van der Waals surface area contributed by atoms with E-state index in [0.29, 0.717) is 24.5 Å². The normalized spacial score (nSPS) is 18.3. The van der Waals surface area contributed by atoms with Crippen LogP contribution in [-0.4, -0.2) is 30.5 Å². The lowest BCUT2D eigenvalue weighted by Gasteiger charge is -2.29. The highest BCUT2D eigenvalue weighted by atomic mass is 16.5. The van der Waals surface area contributed by atoms with Crippen LogP contribution in [0, 0.1) is 5.92 Å². The van der Waals surface area contributed by atoms with E-state index in [-0.39, 0.29) is 36.4 Å². The predicted molar refractivity (Wildman–Crippen MR) is 120 cm³/mol. The summed E-state index contributed by atoms with van der Waals surface area (Å²) >= 11 is 0. The van der Waals surface area contributed by atoms with Gasteiger partial charge in [-0.1, -0.05) is 48.9 Å². The molecule has 3 rings (SSSR count). The van der Waals surface area contributed by atoms with Crippen molar-refractivity contribution in [2.24, 2.45) is 5.92 Å². The van der Waals surface area contributed by atoms with Crippen LogP contribution in [0.25, 0.3) is 0 Å². The molecule has 2 aromatic carbocycles. The highest BCUT2D eigenvalue weighted by Gasteiger charge is 2.28. The third kappa shape index (κ3) is 7.31. The zero-order valence-corrected chi connectivity index (χ0v) is 18.3. The molecular formula is C25H32N2O4. The van der Waals surface area contributed by atoms with Gasteiger partial charge in [0.05, 0.1) is 0 Å². The molecule has 0 bridgehead atoms. The minimum absolute atomic E-state index is 0.00247. The highest BCUT2D eigenvalue weighted by molar-refractivity contribution is 5.80. The first-order valence-corrected chi connectivity index (χ1v) is 11.0. The van der Waals surface area contributed by atoms with Crippen LogP contribution in [0.1, 0.15) is 45.1 Å². The Balaban J connectivity index is 1.48. The molecule has 2 atom stereocenters. The Morgan fingerprint density at radius 3 is 2.35 bits per heavy atom. The number of nitrogens with one attached hydrogen (secondary N) is 2. The molecule has 0 saturated heterocycles. The first-order valence-electron chi connectivity index (χ1n) is 11.0. The van der Waals surface area contributed by atoms with Gasteiger partial charge in [-0.2, -0.15) is 0 Å². The van der Waals surface area contributed by atoms with Gasteiger partial charge in [0.2, 0.25) is 5.91 Å². The predicted octanol–water partition coefficient (Wildman–Crippen LogP) is 3.84. The van der Waals surface area contributed by atoms with E-state index in [0.717, 1.165) is 24.8 Å². The van der Waals surface area contributed by atoms with Crippen LogP contribution in [0.3, 0.4) is 0 Å². The van der Waals surface area contributed by atoms with Crippen LogP contribution in [0.15, 0.2) is 54.6 Å². The summed E-state index contributed by atoms with van der Waals surface area (Å²) in [7, 11) is 0. The van der Waals surface area contributed by atoms with Crippen LogP contribution in [0.2, 0.25) is 0 Å². The Bertz CT molecular complexity index is 854. The van der Waals surface area contributed by atoms with Crippen molar-refractivity contribution in [1.29, 1.82) is 0 Å². The summed E-state index contributed by atoms with van der Waals surface area (Å²) in [6.07, 6.45) is 3.35. The second-order valence-electron chi connectivity index (χ2n) is 8.30. The average molecular weight is 425 g/mol. The van der Waals surface area contributed by atoms with E-state index in [2.05, 4.69) is 10.6 Å². The number of hydrogen-bond acceptors (Lipinski definition) is 4. The molecule has 31 heavy (non-hydrogen) atoms. The molecule has 2 unspecified atom stereocenters. The van der Waals surface area contributed by atoms with Crippen LogP contribution in [0.4, 0.5) is 0 Å². The summed E-state index contributed by atoms with van der Waals surface area (Å²) in [6, 6.07) is 17.4. The SMILES string of the molecule is CC(C)NC(=O)C1CCCC(NC(=O)COc2ccccc2OCc2ccccc2)C1. The van der Waals surface area contributed by atoms with Crippen LogP contribution in [0.5, 0.6) is 11.5 Å². The number of amides is 2. The number of ether oxygens (including phenoxy) is 2. The lowest BCUT2D eigenvalue weighted by molar-refractivity contribution is -0.128. The summed E-state index contributed by atoms with van der Waals surface area (Å²) < 4.78 is 11.6. The van der Waals surface area contributed by atoms with E-state index in [1.165, 1.54) is 0 Å². The molecule has 0 heterocycles. The summed E-state index contributed by atoms with van der Waals surface area (Å²) in [5.41, 5.74) is 1.06. The second kappa shape index (κ2) is 11.4. The van der Waals surface area contributed by atoms with E-state index in [9.17, 15) is 9.59 Å². The fraction of sp³-hybridized carbons (Fsp3) is 0.440. The Hall–Kier alpha value is -3.02. The fourth-order valence-corrected chi connectivity index (χ4v) is 3.80. The Morgan fingerprint density at radius 2 is 1.65 bits per heavy atom. The van der Waals surface area contributed by atoms with Crippen LogP contribution in [-0.2, 0) is 16.2 Å². The number of para-hydroxylation sites is 2. The first kappa shape index (κ1) is 22.7. The molecule has 6 nitrogen and oxygen atoms in total. The monoisotopic (exact) mass is 424 g/mol. The van der Waals surface area contributed by atoms with Gasteiger partial charge < -0.3 is 20.1 Å². The number of carbonyl (C=O) groups is 2. The smallest absolute Gasteiger partial charge is 0.258 e. The van der Waals surface area contributed by atoms with Crippen molar-refractivity contribution in [3.63, 3.8) is 0 Å². The van der Waals surface area contributed by atoms with Crippen molar-refractivity contribution in [2.45, 2.75) is 58.2 Å². The molecule has 1 aliphatic rings. The van der Waals surface area contributed by atoms with Crippen molar-refractivity contribution < 1.29 is 19.1 Å². The van der Waals surface area contributed by atoms with Gasteiger partial charge in [0.15, 0.2) is 18.1 Å². The van der Waals surface area contributed by atoms with Gasteiger partial charge >= 0.3 is 0 Å². The maximum atomic E-state index is 12.5. The fourth-order valence-electron chi connectivity index (χ4n) is 3.80. The van der Waals surface area contributed by atoms with Crippen LogP contribution < -0.4 is 20.1 Å². The molecule has 0 aromatic heterocycles. The van der Waals surface area contributed by atoms with Gasteiger partial charge in [-0.05, 0) is 50.8 Å². The Kier molecular flexibility index (Phi) is 8.33. The molecule has 2 amide bonds. The summed E-state index contributed by atoms with van der Waals surface area (Å²) in [6.45, 7) is 4.25. The van der Waals surface area contributed by atoms with Gasteiger partial charge in [-0.3, -0.25) is 9.59 Å². The third-order valence-corrected chi connectivity index (χ3v) is 5.29. The van der Waals surface area contributed by atoms with E-state index in [1.54, 1.807) is 6.07 Å². The largest absolute Gasteiger partial charge is 0.485 e. The lowest BCUT2D eigenvalue weighted by Crippen LogP contribution is -2.44. The lowest BCUT2D eigenvalue weighted by atomic mass is 9.85. The summed E-state index contributed by atoms with van der Waals surface area (Å²) in [5, 5.41) is 5.99. The molecule has 1 saturated carbocycles. The molecule has 2 N–H and O–H groups in total. The number of hydrogen-bond donors (Lipinski definition) is 2. The van der Waals surface area contributed by atoms with E-state index in [4.69, 9.17) is 9.47 Å². The quantitative estimate of drug-likeness (QED) is 0.641. The molecule has 6 heteroatoms. The molecule has 0 aliphatic heterocycles. The highest BCUT2D eigenvalue weighted by Crippen LogP contribution is 2.28. The van der Waals surface area contributed by atoms with E-state index >= 15 is 0 Å². The van der Waals surface area contributed by atoms with Crippen molar-refractivity contribution in [3.8, 4) is 11.5 Å². The van der Waals surface area contributed by atoms with Crippen LogP contribution >= 0.6 is 0 Å². The molecule has 1 aliphatic carbocycles. The number of rotatable bonds is 9. The molecule has 0 radical (unpaired) electrons. The third-order valence-electron chi connectivity index (χ3n) is 5.29. The van der Waals surface area contributed by atoms with Crippen molar-refractivity contribution >= 4 is 11.8 Å². The van der Waals surface area contributed by atoms with E-state index in [1.807, 2.05) is 62.4 Å². The summed E-state index contributed by atoms with van der Waals surface area (Å²) in [4.78, 5) is 24.7. The zero-order valence-electron chi connectivity index (χ0n) is 18.3. The van der Waals surface area contributed by atoms with Crippen molar-refractivity contribution in [2.75, 3.05) is 6.61 Å². The molecule has 1 fully saturated rings. The van der Waals surface area contributed by atoms with Gasteiger partial charge in [-0.15, -0.1) is 0 Å². The van der Waals surface area contributed by atoms with Gasteiger partial charge in [0, 0.05) is 18.0 Å². The Labute approximate surface area is 184 Å². The molecular weight excluding hydrogens is 392 g/mol. The van der Waals surface area contributed by atoms with Gasteiger partial charge in [0.25, 0.3) is 5.91 Å². The van der Waals surface area contributed by atoms with Gasteiger partial charge in [-0.25, -0.2) is 0 Å². The number of carbonyl (C=O) groups excluding carboxylic acids is 2. The maximum Gasteiger partial charge on any atom is 0.258 e. The molecule has 0 spiro atoms. The minimum atomic E-state index is -0.187. The van der Waals surface area contributed by atoms with E-state index < -0.39 is 0 Å². The second-order valence-corrected chi connectivity index (χ2v) is 8.30. The zero-order chi connectivity index (χ0) is 22.1. The number of benzene rings is 2.